The second-order valence-electron chi connectivity index (χ2n) is 8.43. The lowest BCUT2D eigenvalue weighted by atomic mass is 9.97. The van der Waals surface area contributed by atoms with E-state index in [0.29, 0.717) is 5.92 Å². The number of anilines is 1. The van der Waals surface area contributed by atoms with E-state index in [4.69, 9.17) is 4.99 Å². The summed E-state index contributed by atoms with van der Waals surface area (Å²) in [5.41, 5.74) is 1.22. The van der Waals surface area contributed by atoms with E-state index in [-0.39, 0.29) is 0 Å². The topological polar surface area (TPSA) is 59.9 Å². The Hall–Kier alpha value is -2.19. The molecule has 2 aliphatic heterocycles. The van der Waals surface area contributed by atoms with Crippen molar-refractivity contribution in [1.82, 2.24) is 25.1 Å². The molecule has 0 spiro atoms. The monoisotopic (exact) mass is 441 g/mol. The fourth-order valence-electron chi connectivity index (χ4n) is 4.37. The van der Waals surface area contributed by atoms with Crippen molar-refractivity contribution in [2.75, 3.05) is 57.3 Å². The van der Waals surface area contributed by atoms with Gasteiger partial charge in [-0.05, 0) is 57.8 Å². The Labute approximate surface area is 190 Å². The molecule has 168 valence electrons. The van der Waals surface area contributed by atoms with E-state index in [9.17, 15) is 0 Å². The Bertz CT molecular complexity index is 821. The van der Waals surface area contributed by atoms with Gasteiger partial charge in [0.2, 0.25) is 0 Å². The van der Waals surface area contributed by atoms with E-state index in [0.717, 1.165) is 75.7 Å². The summed E-state index contributed by atoms with van der Waals surface area (Å²) in [7, 11) is 0. The van der Waals surface area contributed by atoms with Crippen molar-refractivity contribution in [3.8, 4) is 0 Å². The van der Waals surface area contributed by atoms with Gasteiger partial charge in [-0.3, -0.25) is 9.89 Å². The standard InChI is InChI=1S/C23H35N7S/c1-3-24-23(30-14-12-29(13-15-30)22-6-4-5-9-25-22)26-16-20-7-10-28(11-8-20)17-21-18-31-19(2)27-21/h4-6,9,18,20H,3,7-8,10-17H2,1-2H3,(H,24,26). The van der Waals surface area contributed by atoms with E-state index in [1.54, 1.807) is 11.3 Å². The minimum atomic E-state index is 0.678. The molecule has 0 amide bonds. The normalized spacial score (nSPS) is 19.1. The third-order valence-corrected chi connectivity index (χ3v) is 6.97. The highest BCUT2D eigenvalue weighted by Crippen LogP contribution is 2.20. The van der Waals surface area contributed by atoms with Crippen molar-refractivity contribution >= 4 is 23.1 Å². The second-order valence-corrected chi connectivity index (χ2v) is 9.50. The van der Waals surface area contributed by atoms with Gasteiger partial charge in [0.1, 0.15) is 5.82 Å². The number of piperidine rings is 1. The number of nitrogens with zero attached hydrogens (tertiary/aromatic N) is 6. The number of aliphatic imine (C=N–C) groups is 1. The van der Waals surface area contributed by atoms with Crippen LogP contribution < -0.4 is 10.2 Å². The zero-order chi connectivity index (χ0) is 21.5. The SMILES string of the molecule is CCNC(=NCC1CCN(Cc2csc(C)n2)CC1)N1CCN(c2ccccn2)CC1. The first kappa shape index (κ1) is 22.0. The molecular formula is C23H35N7S. The number of piperazine rings is 1. The Kier molecular flexibility index (Phi) is 7.75. The molecule has 0 radical (unpaired) electrons. The van der Waals surface area contributed by atoms with E-state index in [1.165, 1.54) is 18.5 Å². The Morgan fingerprint density at radius 1 is 1.16 bits per heavy atom. The molecule has 2 aromatic rings. The minimum Gasteiger partial charge on any atom is -0.357 e. The number of hydrogen-bond acceptors (Lipinski definition) is 6. The van der Waals surface area contributed by atoms with E-state index in [1.807, 2.05) is 12.3 Å². The van der Waals surface area contributed by atoms with Crippen LogP contribution in [-0.2, 0) is 6.54 Å². The van der Waals surface area contributed by atoms with Crippen LogP contribution in [-0.4, -0.2) is 78.1 Å². The van der Waals surface area contributed by atoms with Gasteiger partial charge in [-0.25, -0.2) is 9.97 Å². The third-order valence-electron chi connectivity index (χ3n) is 6.15. The van der Waals surface area contributed by atoms with Gasteiger partial charge in [0.25, 0.3) is 0 Å². The molecule has 2 fully saturated rings. The number of nitrogens with one attached hydrogen (secondary N) is 1. The van der Waals surface area contributed by atoms with Crippen molar-refractivity contribution in [2.45, 2.75) is 33.2 Å². The summed E-state index contributed by atoms with van der Waals surface area (Å²) >= 11 is 1.75. The molecular weight excluding hydrogens is 406 g/mol. The number of rotatable bonds is 6. The van der Waals surface area contributed by atoms with Crippen molar-refractivity contribution in [2.24, 2.45) is 10.9 Å². The fraction of sp³-hybridized carbons (Fsp3) is 0.609. The highest BCUT2D eigenvalue weighted by Gasteiger charge is 2.22. The molecule has 2 aliphatic rings. The first-order chi connectivity index (χ1) is 15.2. The molecule has 31 heavy (non-hydrogen) atoms. The number of likely N-dealkylation sites (tertiary alicyclic amines) is 1. The van der Waals surface area contributed by atoms with E-state index in [2.05, 4.69) is 61.3 Å². The first-order valence-corrected chi connectivity index (χ1v) is 12.4. The lowest BCUT2D eigenvalue weighted by Gasteiger charge is -2.37. The van der Waals surface area contributed by atoms with Crippen LogP contribution in [0.1, 0.15) is 30.5 Å². The first-order valence-electron chi connectivity index (χ1n) is 11.5. The predicted molar refractivity (Wildman–Crippen MR) is 129 cm³/mol. The quantitative estimate of drug-likeness (QED) is 0.550. The summed E-state index contributed by atoms with van der Waals surface area (Å²) in [6.07, 6.45) is 4.31. The highest BCUT2D eigenvalue weighted by atomic mass is 32.1. The molecule has 0 bridgehead atoms. The predicted octanol–water partition coefficient (Wildman–Crippen LogP) is 2.85. The van der Waals surface area contributed by atoms with Crippen LogP contribution in [0.4, 0.5) is 5.82 Å². The van der Waals surface area contributed by atoms with Crippen LogP contribution in [0.2, 0.25) is 0 Å². The van der Waals surface area contributed by atoms with Gasteiger partial charge in [0.15, 0.2) is 5.96 Å². The smallest absolute Gasteiger partial charge is 0.194 e. The molecule has 0 unspecified atom stereocenters. The van der Waals surface area contributed by atoms with Crippen molar-refractivity contribution in [3.63, 3.8) is 0 Å². The van der Waals surface area contributed by atoms with E-state index < -0.39 is 0 Å². The molecule has 0 aliphatic carbocycles. The van der Waals surface area contributed by atoms with Crippen LogP contribution in [0, 0.1) is 12.8 Å². The van der Waals surface area contributed by atoms with Gasteiger partial charge < -0.3 is 15.1 Å². The van der Waals surface area contributed by atoms with Crippen LogP contribution >= 0.6 is 11.3 Å². The van der Waals surface area contributed by atoms with Crippen molar-refractivity contribution < 1.29 is 0 Å². The Morgan fingerprint density at radius 3 is 2.61 bits per heavy atom. The molecule has 1 N–H and O–H groups in total. The lowest BCUT2D eigenvalue weighted by Crippen LogP contribution is -2.53. The van der Waals surface area contributed by atoms with Gasteiger partial charge in [-0.2, -0.15) is 0 Å². The van der Waals surface area contributed by atoms with Gasteiger partial charge in [-0.15, -0.1) is 11.3 Å². The van der Waals surface area contributed by atoms with Crippen molar-refractivity contribution in [1.29, 1.82) is 0 Å². The molecule has 0 aromatic carbocycles. The van der Waals surface area contributed by atoms with Crippen LogP contribution in [0.5, 0.6) is 0 Å². The molecule has 2 saturated heterocycles. The van der Waals surface area contributed by atoms with Crippen LogP contribution in [0.25, 0.3) is 0 Å². The van der Waals surface area contributed by atoms with Gasteiger partial charge in [0.05, 0.1) is 10.7 Å². The molecule has 8 heteroatoms. The zero-order valence-electron chi connectivity index (χ0n) is 18.8. The average molecular weight is 442 g/mol. The van der Waals surface area contributed by atoms with Gasteiger partial charge >= 0.3 is 0 Å². The average Bonchev–Trinajstić information content (AvgIpc) is 3.23. The molecule has 0 atom stereocenters. The molecule has 2 aromatic heterocycles. The number of pyridine rings is 1. The molecule has 0 saturated carbocycles. The zero-order valence-corrected chi connectivity index (χ0v) is 19.7. The maximum absolute atomic E-state index is 5.04. The number of aromatic nitrogens is 2. The Balaban J connectivity index is 1.25. The molecule has 7 nitrogen and oxygen atoms in total. The number of aryl methyl sites for hydroxylation is 1. The van der Waals surface area contributed by atoms with Gasteiger partial charge in [0, 0.05) is 57.4 Å². The Morgan fingerprint density at radius 2 is 1.97 bits per heavy atom. The third kappa shape index (κ3) is 6.17. The largest absolute Gasteiger partial charge is 0.357 e. The summed E-state index contributed by atoms with van der Waals surface area (Å²) in [4.78, 5) is 21.5. The minimum absolute atomic E-state index is 0.678. The van der Waals surface area contributed by atoms with E-state index >= 15 is 0 Å². The maximum Gasteiger partial charge on any atom is 0.194 e. The number of guanidine groups is 1. The highest BCUT2D eigenvalue weighted by molar-refractivity contribution is 7.09. The fourth-order valence-corrected chi connectivity index (χ4v) is 4.97. The molecule has 4 heterocycles. The summed E-state index contributed by atoms with van der Waals surface area (Å²) < 4.78 is 0. The number of hydrogen-bond donors (Lipinski definition) is 1. The number of thiazole rings is 1. The maximum atomic E-state index is 5.04. The summed E-state index contributed by atoms with van der Waals surface area (Å²) in [6, 6.07) is 6.13. The summed E-state index contributed by atoms with van der Waals surface area (Å²) in [6.45, 7) is 13.3. The second kappa shape index (κ2) is 10.9. The summed E-state index contributed by atoms with van der Waals surface area (Å²) in [5, 5.41) is 6.87. The van der Waals surface area contributed by atoms with Crippen LogP contribution in [0.15, 0.2) is 34.8 Å². The van der Waals surface area contributed by atoms with Crippen LogP contribution in [0.3, 0.4) is 0 Å². The molecule has 4 rings (SSSR count). The lowest BCUT2D eigenvalue weighted by molar-refractivity contribution is 0.179. The van der Waals surface area contributed by atoms with Crippen molar-refractivity contribution in [3.05, 3.63) is 40.5 Å². The summed E-state index contributed by atoms with van der Waals surface area (Å²) in [5.74, 6) is 2.82. The van der Waals surface area contributed by atoms with Gasteiger partial charge in [-0.1, -0.05) is 6.07 Å².